The van der Waals surface area contributed by atoms with Crippen molar-refractivity contribution in [2.45, 2.75) is 63.3 Å². The fourth-order valence-corrected chi connectivity index (χ4v) is 5.48. The second-order valence-corrected chi connectivity index (χ2v) is 7.83. The Kier molecular flexibility index (Phi) is 2.96. The van der Waals surface area contributed by atoms with Gasteiger partial charge < -0.3 is 5.11 Å². The van der Waals surface area contributed by atoms with E-state index in [-0.39, 0.29) is 0 Å². The largest absolute Gasteiger partial charge is 0.390 e. The number of fused-ring (bicyclic) bond motifs is 1. The molecule has 0 aliphatic heterocycles. The van der Waals surface area contributed by atoms with E-state index in [9.17, 15) is 5.11 Å². The topological polar surface area (TPSA) is 20.2 Å². The maximum absolute atomic E-state index is 10.8. The Balaban J connectivity index is 2.25. The fraction of sp³-hybridized carbons (Fsp3) is 1.00. The number of alkyl halides is 1. The van der Waals surface area contributed by atoms with E-state index in [1.807, 2.05) is 0 Å². The predicted molar refractivity (Wildman–Crippen MR) is 67.2 cm³/mol. The lowest BCUT2D eigenvalue weighted by molar-refractivity contribution is -0.133. The summed E-state index contributed by atoms with van der Waals surface area (Å²) < 4.78 is 0. The van der Waals surface area contributed by atoms with Crippen LogP contribution < -0.4 is 0 Å². The van der Waals surface area contributed by atoms with Gasteiger partial charge in [-0.1, -0.05) is 43.1 Å². The summed E-state index contributed by atoms with van der Waals surface area (Å²) in [6.45, 7) is 6.93. The Hall–Kier alpha value is 0.440. The molecule has 0 spiro atoms. The average Bonchev–Trinajstić information content (AvgIpc) is 1.97. The molecular formula is C13H23BrO. The van der Waals surface area contributed by atoms with Gasteiger partial charge in [0.05, 0.1) is 5.60 Å². The molecule has 0 saturated heterocycles. The highest BCUT2D eigenvalue weighted by atomic mass is 79.9. The summed E-state index contributed by atoms with van der Waals surface area (Å²) in [6.07, 6.45) is 5.66. The summed E-state index contributed by atoms with van der Waals surface area (Å²) in [5.74, 6) is 1.20. The molecule has 0 radical (unpaired) electrons. The van der Waals surface area contributed by atoms with Crippen molar-refractivity contribution in [3.05, 3.63) is 0 Å². The highest BCUT2D eigenvalue weighted by Gasteiger charge is 2.52. The molecule has 2 aliphatic rings. The van der Waals surface area contributed by atoms with E-state index in [2.05, 4.69) is 36.7 Å². The predicted octanol–water partition coefficient (Wildman–Crippen LogP) is 3.74. The van der Waals surface area contributed by atoms with E-state index in [1.54, 1.807) is 0 Å². The number of hydrogen-bond acceptors (Lipinski definition) is 1. The molecule has 4 atom stereocenters. The number of halogens is 1. The quantitative estimate of drug-likeness (QED) is 0.668. The Morgan fingerprint density at radius 3 is 2.47 bits per heavy atom. The molecular weight excluding hydrogens is 252 g/mol. The maximum Gasteiger partial charge on any atom is 0.0694 e. The minimum absolute atomic E-state index is 0.293. The van der Waals surface area contributed by atoms with Crippen LogP contribution in [0.15, 0.2) is 0 Å². The Labute approximate surface area is 102 Å². The van der Waals surface area contributed by atoms with Crippen molar-refractivity contribution in [1.82, 2.24) is 0 Å². The van der Waals surface area contributed by atoms with Crippen LogP contribution in [-0.2, 0) is 0 Å². The van der Waals surface area contributed by atoms with Gasteiger partial charge in [-0.15, -0.1) is 0 Å². The minimum atomic E-state index is -0.395. The summed E-state index contributed by atoms with van der Waals surface area (Å²) in [7, 11) is 0. The molecule has 0 amide bonds. The van der Waals surface area contributed by atoms with E-state index >= 15 is 0 Å². The molecule has 88 valence electrons. The third-order valence-corrected chi connectivity index (χ3v) is 5.21. The molecule has 2 heteroatoms. The molecule has 2 rings (SSSR count). The molecule has 2 fully saturated rings. The second-order valence-electron chi connectivity index (χ2n) is 6.54. The monoisotopic (exact) mass is 274 g/mol. The molecule has 2 aliphatic carbocycles. The van der Waals surface area contributed by atoms with Crippen LogP contribution in [-0.4, -0.2) is 15.5 Å². The first-order valence-electron chi connectivity index (χ1n) is 6.20. The fourth-order valence-electron chi connectivity index (χ4n) is 4.08. The Morgan fingerprint density at radius 1 is 1.13 bits per heavy atom. The van der Waals surface area contributed by atoms with Crippen LogP contribution in [0.3, 0.4) is 0 Å². The van der Waals surface area contributed by atoms with Gasteiger partial charge in [0.1, 0.15) is 0 Å². The molecule has 2 saturated carbocycles. The standard InChI is InChI=1S/C13H23BrO/c1-9-4-5-11-12(2,3)7-10(14)8-13(11,15)6-9/h9-11,15H,4-8H2,1-3H3/t9-,10+,11+,13-/m1/s1. The molecule has 1 N–H and O–H groups in total. The highest BCUT2D eigenvalue weighted by molar-refractivity contribution is 9.09. The number of hydrogen-bond donors (Lipinski definition) is 1. The van der Waals surface area contributed by atoms with Crippen LogP contribution in [0.2, 0.25) is 0 Å². The van der Waals surface area contributed by atoms with Crippen molar-refractivity contribution in [2.24, 2.45) is 17.3 Å². The van der Waals surface area contributed by atoms with Crippen LogP contribution in [0, 0.1) is 17.3 Å². The van der Waals surface area contributed by atoms with Gasteiger partial charge in [0.25, 0.3) is 0 Å². The van der Waals surface area contributed by atoms with Crippen LogP contribution in [0.25, 0.3) is 0 Å². The summed E-state index contributed by atoms with van der Waals surface area (Å²) in [5.41, 5.74) is -0.102. The van der Waals surface area contributed by atoms with Gasteiger partial charge in [-0.05, 0) is 42.9 Å². The van der Waals surface area contributed by atoms with Crippen molar-refractivity contribution in [3.63, 3.8) is 0 Å². The summed E-state index contributed by atoms with van der Waals surface area (Å²) in [5, 5.41) is 10.8. The molecule has 0 unspecified atom stereocenters. The van der Waals surface area contributed by atoms with E-state index in [0.717, 1.165) is 12.8 Å². The second kappa shape index (κ2) is 3.73. The van der Waals surface area contributed by atoms with Crippen LogP contribution in [0.4, 0.5) is 0 Å². The Bertz CT molecular complexity index is 247. The number of rotatable bonds is 0. The molecule has 1 nitrogen and oxygen atoms in total. The molecule has 0 aromatic carbocycles. The zero-order valence-corrected chi connectivity index (χ0v) is 11.7. The van der Waals surface area contributed by atoms with E-state index in [4.69, 9.17) is 0 Å². The van der Waals surface area contributed by atoms with Crippen molar-refractivity contribution in [2.75, 3.05) is 0 Å². The third kappa shape index (κ3) is 2.12. The molecule has 0 heterocycles. The lowest BCUT2D eigenvalue weighted by Crippen LogP contribution is -2.54. The van der Waals surface area contributed by atoms with Gasteiger partial charge in [-0.25, -0.2) is 0 Å². The highest BCUT2D eigenvalue weighted by Crippen LogP contribution is 2.55. The SMILES string of the molecule is C[C@@H]1CC[C@H]2C(C)(C)C[C@H](Br)C[C@]2(O)C1. The lowest BCUT2D eigenvalue weighted by atomic mass is 9.55. The zero-order valence-electron chi connectivity index (χ0n) is 10.1. The number of aliphatic hydroxyl groups is 1. The van der Waals surface area contributed by atoms with Gasteiger partial charge in [-0.2, -0.15) is 0 Å². The van der Waals surface area contributed by atoms with Gasteiger partial charge in [0, 0.05) is 4.83 Å². The van der Waals surface area contributed by atoms with E-state index < -0.39 is 5.60 Å². The van der Waals surface area contributed by atoms with Gasteiger partial charge in [-0.3, -0.25) is 0 Å². The first kappa shape index (κ1) is 11.9. The first-order chi connectivity index (χ1) is 6.83. The van der Waals surface area contributed by atoms with Gasteiger partial charge >= 0.3 is 0 Å². The van der Waals surface area contributed by atoms with Crippen molar-refractivity contribution in [1.29, 1.82) is 0 Å². The van der Waals surface area contributed by atoms with E-state index in [0.29, 0.717) is 22.1 Å². The molecule has 15 heavy (non-hydrogen) atoms. The van der Waals surface area contributed by atoms with Crippen LogP contribution in [0.5, 0.6) is 0 Å². The van der Waals surface area contributed by atoms with Crippen molar-refractivity contribution < 1.29 is 5.11 Å². The van der Waals surface area contributed by atoms with Crippen molar-refractivity contribution in [3.8, 4) is 0 Å². The molecule has 0 bridgehead atoms. The smallest absolute Gasteiger partial charge is 0.0694 e. The average molecular weight is 275 g/mol. The normalized spacial score (nSPS) is 49.8. The first-order valence-corrected chi connectivity index (χ1v) is 7.11. The zero-order chi connectivity index (χ0) is 11.3. The summed E-state index contributed by atoms with van der Waals surface area (Å²) in [6, 6.07) is 0. The molecule has 0 aromatic rings. The van der Waals surface area contributed by atoms with E-state index in [1.165, 1.54) is 19.3 Å². The summed E-state index contributed by atoms with van der Waals surface area (Å²) in [4.78, 5) is 0.499. The maximum atomic E-state index is 10.8. The van der Waals surface area contributed by atoms with Crippen LogP contribution in [0.1, 0.15) is 52.9 Å². The Morgan fingerprint density at radius 2 is 1.80 bits per heavy atom. The van der Waals surface area contributed by atoms with Crippen molar-refractivity contribution >= 4 is 15.9 Å². The third-order valence-electron chi connectivity index (χ3n) is 4.56. The molecule has 0 aromatic heterocycles. The van der Waals surface area contributed by atoms with Gasteiger partial charge in [0.2, 0.25) is 0 Å². The summed E-state index contributed by atoms with van der Waals surface area (Å²) >= 11 is 3.72. The van der Waals surface area contributed by atoms with Crippen LogP contribution >= 0.6 is 15.9 Å². The lowest BCUT2D eigenvalue weighted by Gasteiger charge is -2.55. The van der Waals surface area contributed by atoms with Gasteiger partial charge in [0.15, 0.2) is 0 Å². The minimum Gasteiger partial charge on any atom is -0.390 e.